The monoisotopic (exact) mass is 325 g/mol. The quantitative estimate of drug-likeness (QED) is 0.849. The van der Waals surface area contributed by atoms with Gasteiger partial charge in [-0.15, -0.1) is 0 Å². The van der Waals surface area contributed by atoms with Gasteiger partial charge in [-0.25, -0.2) is 0 Å². The molecule has 1 saturated heterocycles. The molecule has 1 unspecified atom stereocenters. The van der Waals surface area contributed by atoms with Gasteiger partial charge in [0.25, 0.3) is 0 Å². The lowest BCUT2D eigenvalue weighted by atomic mass is 10.0. The van der Waals surface area contributed by atoms with Crippen LogP contribution in [-0.4, -0.2) is 53.8 Å². The number of hydrogen-bond donors (Lipinski definition) is 0. The molecule has 2 rings (SSSR count). The molecule has 19 heavy (non-hydrogen) atoms. The molecule has 2 heterocycles. The average Bonchev–Trinajstić information content (AvgIpc) is 2.38. The maximum absolute atomic E-state index is 11.5. The molecule has 1 aliphatic rings. The Bertz CT molecular complexity index is 427. The lowest BCUT2D eigenvalue weighted by molar-refractivity contribution is -0.118. The first-order valence-electron chi connectivity index (χ1n) is 6.60. The smallest absolute Gasteiger partial charge is 0.131 e. The molecule has 0 amide bonds. The highest BCUT2D eigenvalue weighted by Crippen LogP contribution is 2.25. The predicted octanol–water partition coefficient (Wildman–Crippen LogP) is 2.11. The predicted molar refractivity (Wildman–Crippen MR) is 79.0 cm³/mol. The molecule has 1 aromatic heterocycles. The van der Waals surface area contributed by atoms with Gasteiger partial charge in [-0.3, -0.25) is 14.7 Å². The summed E-state index contributed by atoms with van der Waals surface area (Å²) in [5, 5.41) is 0. The summed E-state index contributed by atoms with van der Waals surface area (Å²) in [6.45, 7) is 5.73. The van der Waals surface area contributed by atoms with E-state index in [-0.39, 0.29) is 11.8 Å². The molecular formula is C14H20BrN3O. The van der Waals surface area contributed by atoms with Gasteiger partial charge in [0.15, 0.2) is 0 Å². The molecule has 1 atom stereocenters. The van der Waals surface area contributed by atoms with E-state index in [9.17, 15) is 4.79 Å². The number of carbonyl (C=O) groups is 1. The zero-order chi connectivity index (χ0) is 13.8. The standard InChI is InChI=1S/C14H20BrN3O/c1-11(19)9-14(13-4-3-12(15)10-16-13)18-7-5-17(2)6-8-18/h3-4,10,14H,5-9H2,1-2H3. The van der Waals surface area contributed by atoms with E-state index in [0.29, 0.717) is 6.42 Å². The maximum atomic E-state index is 11.5. The van der Waals surface area contributed by atoms with Crippen LogP contribution < -0.4 is 0 Å². The van der Waals surface area contributed by atoms with Gasteiger partial charge in [-0.2, -0.15) is 0 Å². The van der Waals surface area contributed by atoms with Gasteiger partial charge in [0, 0.05) is 43.3 Å². The largest absolute Gasteiger partial charge is 0.304 e. The van der Waals surface area contributed by atoms with Crippen molar-refractivity contribution in [3.8, 4) is 0 Å². The van der Waals surface area contributed by atoms with E-state index in [2.05, 4.69) is 37.8 Å². The highest BCUT2D eigenvalue weighted by atomic mass is 79.9. The highest BCUT2D eigenvalue weighted by molar-refractivity contribution is 9.10. The third kappa shape index (κ3) is 4.09. The van der Waals surface area contributed by atoms with E-state index in [1.54, 1.807) is 13.1 Å². The Balaban J connectivity index is 2.15. The van der Waals surface area contributed by atoms with Crippen LogP contribution in [0.15, 0.2) is 22.8 Å². The summed E-state index contributed by atoms with van der Waals surface area (Å²) < 4.78 is 0.969. The lowest BCUT2D eigenvalue weighted by Crippen LogP contribution is -2.46. The summed E-state index contributed by atoms with van der Waals surface area (Å²) in [5.41, 5.74) is 0.989. The fourth-order valence-electron chi connectivity index (χ4n) is 2.41. The van der Waals surface area contributed by atoms with Crippen LogP contribution in [-0.2, 0) is 4.79 Å². The van der Waals surface area contributed by atoms with Crippen molar-refractivity contribution in [1.82, 2.24) is 14.8 Å². The molecule has 104 valence electrons. The van der Waals surface area contributed by atoms with Crippen molar-refractivity contribution >= 4 is 21.7 Å². The average molecular weight is 326 g/mol. The van der Waals surface area contributed by atoms with Crippen molar-refractivity contribution in [2.24, 2.45) is 0 Å². The normalized spacial score (nSPS) is 19.3. The Labute approximate surface area is 122 Å². The minimum Gasteiger partial charge on any atom is -0.304 e. The summed E-state index contributed by atoms with van der Waals surface area (Å²) in [5.74, 6) is 0.216. The molecule has 1 aromatic rings. The summed E-state index contributed by atoms with van der Waals surface area (Å²) in [7, 11) is 2.13. The van der Waals surface area contributed by atoms with Crippen molar-refractivity contribution in [2.75, 3.05) is 33.2 Å². The van der Waals surface area contributed by atoms with Crippen molar-refractivity contribution in [2.45, 2.75) is 19.4 Å². The first kappa shape index (κ1) is 14.6. The fourth-order valence-corrected chi connectivity index (χ4v) is 2.65. The van der Waals surface area contributed by atoms with Crippen molar-refractivity contribution in [1.29, 1.82) is 0 Å². The second-order valence-electron chi connectivity index (χ2n) is 5.16. The maximum Gasteiger partial charge on any atom is 0.131 e. The number of piperazine rings is 1. The second kappa shape index (κ2) is 6.59. The molecule has 0 bridgehead atoms. The van der Waals surface area contributed by atoms with E-state index in [4.69, 9.17) is 0 Å². The van der Waals surface area contributed by atoms with Gasteiger partial charge in [-0.05, 0) is 42.0 Å². The molecule has 4 nitrogen and oxygen atoms in total. The summed E-state index contributed by atoms with van der Waals surface area (Å²) in [6, 6.07) is 4.11. The van der Waals surface area contributed by atoms with Gasteiger partial charge < -0.3 is 4.90 Å². The van der Waals surface area contributed by atoms with Crippen LogP contribution in [0.1, 0.15) is 25.1 Å². The van der Waals surface area contributed by atoms with Crippen molar-refractivity contribution in [3.05, 3.63) is 28.5 Å². The first-order chi connectivity index (χ1) is 9.06. The van der Waals surface area contributed by atoms with Crippen LogP contribution in [0.4, 0.5) is 0 Å². The molecule has 0 N–H and O–H groups in total. The topological polar surface area (TPSA) is 36.4 Å². The number of rotatable bonds is 4. The molecule has 0 saturated carbocycles. The molecule has 0 spiro atoms. The number of carbonyl (C=O) groups excluding carboxylic acids is 1. The fraction of sp³-hybridized carbons (Fsp3) is 0.571. The Morgan fingerprint density at radius 2 is 2.05 bits per heavy atom. The second-order valence-corrected chi connectivity index (χ2v) is 6.08. The minimum absolute atomic E-state index is 0.110. The van der Waals surface area contributed by atoms with Gasteiger partial charge in [-0.1, -0.05) is 0 Å². The number of likely N-dealkylation sites (N-methyl/N-ethyl adjacent to an activating group) is 1. The molecule has 0 aliphatic carbocycles. The zero-order valence-electron chi connectivity index (χ0n) is 11.5. The zero-order valence-corrected chi connectivity index (χ0v) is 13.1. The Morgan fingerprint density at radius 3 is 2.58 bits per heavy atom. The molecule has 0 aromatic carbocycles. The highest BCUT2D eigenvalue weighted by Gasteiger charge is 2.25. The number of ketones is 1. The Morgan fingerprint density at radius 1 is 1.37 bits per heavy atom. The van der Waals surface area contributed by atoms with Crippen LogP contribution in [0, 0.1) is 0 Å². The summed E-state index contributed by atoms with van der Waals surface area (Å²) in [4.78, 5) is 20.7. The van der Waals surface area contributed by atoms with Crippen LogP contribution in [0.2, 0.25) is 0 Å². The number of hydrogen-bond acceptors (Lipinski definition) is 4. The first-order valence-corrected chi connectivity index (χ1v) is 7.39. The summed E-state index contributed by atoms with van der Waals surface area (Å²) in [6.07, 6.45) is 2.34. The third-order valence-corrected chi connectivity index (χ3v) is 4.02. The molecule has 1 aliphatic heterocycles. The number of aromatic nitrogens is 1. The summed E-state index contributed by atoms with van der Waals surface area (Å²) >= 11 is 3.40. The van der Waals surface area contributed by atoms with E-state index in [1.807, 2.05) is 12.1 Å². The number of nitrogens with zero attached hydrogens (tertiary/aromatic N) is 3. The van der Waals surface area contributed by atoms with Gasteiger partial charge in [0.1, 0.15) is 5.78 Å². The molecule has 1 fully saturated rings. The van der Waals surface area contributed by atoms with E-state index in [0.717, 1.165) is 36.3 Å². The number of pyridine rings is 1. The third-order valence-electron chi connectivity index (χ3n) is 3.55. The Kier molecular flexibility index (Phi) is 5.07. The van der Waals surface area contributed by atoms with E-state index >= 15 is 0 Å². The van der Waals surface area contributed by atoms with Crippen LogP contribution in [0.5, 0.6) is 0 Å². The molecule has 0 radical (unpaired) electrons. The van der Waals surface area contributed by atoms with E-state index in [1.165, 1.54) is 0 Å². The Hall–Kier alpha value is -0.780. The van der Waals surface area contributed by atoms with Crippen molar-refractivity contribution in [3.63, 3.8) is 0 Å². The molecular weight excluding hydrogens is 306 g/mol. The van der Waals surface area contributed by atoms with E-state index < -0.39 is 0 Å². The van der Waals surface area contributed by atoms with Gasteiger partial charge >= 0.3 is 0 Å². The van der Waals surface area contributed by atoms with Gasteiger partial charge in [0.05, 0.1) is 11.7 Å². The number of Topliss-reactive ketones (excluding diaryl/α,β-unsaturated/α-hetero) is 1. The number of halogens is 1. The van der Waals surface area contributed by atoms with Gasteiger partial charge in [0.2, 0.25) is 0 Å². The van der Waals surface area contributed by atoms with Crippen molar-refractivity contribution < 1.29 is 4.79 Å². The SMILES string of the molecule is CC(=O)CC(c1ccc(Br)cn1)N1CCN(C)CC1. The molecule has 5 heteroatoms. The minimum atomic E-state index is 0.110. The lowest BCUT2D eigenvalue weighted by Gasteiger charge is -2.37. The van der Waals surface area contributed by atoms with Crippen LogP contribution >= 0.6 is 15.9 Å². The van der Waals surface area contributed by atoms with Crippen LogP contribution in [0.3, 0.4) is 0 Å². The van der Waals surface area contributed by atoms with Crippen LogP contribution in [0.25, 0.3) is 0 Å².